The minimum atomic E-state index is -0.353. The van der Waals surface area contributed by atoms with E-state index in [2.05, 4.69) is 37.8 Å². The van der Waals surface area contributed by atoms with Gasteiger partial charge in [-0.1, -0.05) is 27.9 Å². The largest absolute Gasteiger partial charge is 0.346 e. The van der Waals surface area contributed by atoms with Gasteiger partial charge in [-0.05, 0) is 18.2 Å². The van der Waals surface area contributed by atoms with Crippen LogP contribution in [0.3, 0.4) is 0 Å². The Morgan fingerprint density at radius 3 is 2.57 bits per heavy atom. The minimum Gasteiger partial charge on any atom is -0.346 e. The molecule has 0 spiro atoms. The predicted molar refractivity (Wildman–Crippen MR) is 94.9 cm³/mol. The van der Waals surface area contributed by atoms with Crippen LogP contribution in [0.25, 0.3) is 0 Å². The second kappa shape index (κ2) is 10.7. The molecule has 122 valence electrons. The molecule has 0 bridgehead atoms. The van der Waals surface area contributed by atoms with Crippen LogP contribution < -0.4 is 16.0 Å². The molecule has 0 fully saturated rings. The lowest BCUT2D eigenvalue weighted by molar-refractivity contribution is -0.124. The summed E-state index contributed by atoms with van der Waals surface area (Å²) in [5.41, 5.74) is 0.680. The molecule has 23 heavy (non-hydrogen) atoms. The highest BCUT2D eigenvalue weighted by Gasteiger charge is 2.07. The lowest BCUT2D eigenvalue weighted by atomic mass is 10.3. The van der Waals surface area contributed by atoms with Crippen molar-refractivity contribution < 1.29 is 14.4 Å². The van der Waals surface area contributed by atoms with Crippen LogP contribution in [0.5, 0.6) is 0 Å². The van der Waals surface area contributed by atoms with E-state index in [4.69, 9.17) is 6.42 Å². The van der Waals surface area contributed by atoms with E-state index >= 15 is 0 Å². The monoisotopic (exact) mass is 397 g/mol. The van der Waals surface area contributed by atoms with Crippen molar-refractivity contribution in [3.05, 3.63) is 28.7 Å². The van der Waals surface area contributed by atoms with Gasteiger partial charge < -0.3 is 16.0 Å². The second-order valence-electron chi connectivity index (χ2n) is 4.31. The molecule has 3 amide bonds. The Balaban J connectivity index is 2.18. The third-order valence-corrected chi connectivity index (χ3v) is 3.83. The third kappa shape index (κ3) is 8.90. The van der Waals surface area contributed by atoms with Gasteiger partial charge in [0.05, 0.1) is 24.6 Å². The van der Waals surface area contributed by atoms with Crippen molar-refractivity contribution in [1.82, 2.24) is 10.6 Å². The fourth-order valence-electron chi connectivity index (χ4n) is 1.44. The van der Waals surface area contributed by atoms with Crippen molar-refractivity contribution in [3.8, 4) is 12.3 Å². The number of carbonyl (C=O) groups is 3. The fourth-order valence-corrected chi connectivity index (χ4v) is 2.49. The Kier molecular flexibility index (Phi) is 8.87. The summed E-state index contributed by atoms with van der Waals surface area (Å²) in [7, 11) is 0. The Morgan fingerprint density at radius 2 is 1.87 bits per heavy atom. The molecular weight excluding hydrogens is 382 g/mol. The van der Waals surface area contributed by atoms with Gasteiger partial charge in [0.2, 0.25) is 17.7 Å². The quantitative estimate of drug-likeness (QED) is 0.570. The van der Waals surface area contributed by atoms with Crippen LogP contribution in [0.15, 0.2) is 28.7 Å². The number of carbonyl (C=O) groups excluding carboxylic acids is 3. The first kappa shape index (κ1) is 19.1. The molecule has 0 heterocycles. The highest BCUT2D eigenvalue weighted by atomic mass is 79.9. The standard InChI is InChI=1S/C15H16BrN3O3S/c1-2-6-17-13(20)8-18-14(21)9-23-10-15(22)19-12-5-3-4-11(16)7-12/h1,3-5,7H,6,8-10H2,(H,17,20)(H,18,21)(H,19,22). The summed E-state index contributed by atoms with van der Waals surface area (Å²) in [5, 5.41) is 7.60. The van der Waals surface area contributed by atoms with Gasteiger partial charge in [-0.2, -0.15) is 0 Å². The molecule has 0 saturated heterocycles. The number of terminal acetylenes is 1. The summed E-state index contributed by atoms with van der Waals surface area (Å²) in [5.74, 6) is 1.62. The molecule has 6 nitrogen and oxygen atoms in total. The molecule has 8 heteroatoms. The number of benzene rings is 1. The molecule has 0 aliphatic rings. The maximum absolute atomic E-state index is 11.7. The average molecular weight is 398 g/mol. The van der Waals surface area contributed by atoms with Crippen molar-refractivity contribution in [2.75, 3.05) is 29.9 Å². The van der Waals surface area contributed by atoms with Crippen molar-refractivity contribution in [2.45, 2.75) is 0 Å². The Labute approximate surface area is 147 Å². The van der Waals surface area contributed by atoms with Crippen LogP contribution in [-0.2, 0) is 14.4 Å². The molecule has 1 aromatic rings. The summed E-state index contributed by atoms with van der Waals surface area (Å²) in [6.07, 6.45) is 4.99. The molecule has 0 unspecified atom stereocenters. The Bertz CT molecular complexity index is 616. The number of nitrogens with one attached hydrogen (secondary N) is 3. The average Bonchev–Trinajstić information content (AvgIpc) is 2.51. The van der Waals surface area contributed by atoms with Crippen LogP contribution >= 0.6 is 27.7 Å². The molecule has 0 aliphatic carbocycles. The first-order valence-corrected chi connectivity index (χ1v) is 8.56. The van der Waals surface area contributed by atoms with Crippen molar-refractivity contribution in [3.63, 3.8) is 0 Å². The fraction of sp³-hybridized carbons (Fsp3) is 0.267. The third-order valence-electron chi connectivity index (χ3n) is 2.41. The smallest absolute Gasteiger partial charge is 0.240 e. The number of anilines is 1. The normalized spacial score (nSPS) is 9.57. The van der Waals surface area contributed by atoms with Gasteiger partial charge in [0.15, 0.2) is 0 Å². The summed E-state index contributed by atoms with van der Waals surface area (Å²) in [6.45, 7) is -0.00939. The van der Waals surface area contributed by atoms with Crippen LogP contribution in [0.4, 0.5) is 5.69 Å². The molecule has 0 aliphatic heterocycles. The summed E-state index contributed by atoms with van der Waals surface area (Å²) in [6, 6.07) is 7.22. The van der Waals surface area contributed by atoms with Gasteiger partial charge >= 0.3 is 0 Å². The molecule has 0 aromatic heterocycles. The van der Waals surface area contributed by atoms with Gasteiger partial charge in [-0.3, -0.25) is 14.4 Å². The number of halogens is 1. The van der Waals surface area contributed by atoms with E-state index in [0.717, 1.165) is 16.2 Å². The van der Waals surface area contributed by atoms with Gasteiger partial charge in [-0.25, -0.2) is 0 Å². The summed E-state index contributed by atoms with van der Waals surface area (Å²) >= 11 is 4.48. The zero-order chi connectivity index (χ0) is 17.1. The van der Waals surface area contributed by atoms with E-state index in [1.54, 1.807) is 12.1 Å². The molecular formula is C15H16BrN3O3S. The van der Waals surface area contributed by atoms with E-state index in [0.29, 0.717) is 5.69 Å². The highest BCUT2D eigenvalue weighted by molar-refractivity contribution is 9.10. The number of hydrogen-bond acceptors (Lipinski definition) is 4. The number of hydrogen-bond donors (Lipinski definition) is 3. The van der Waals surface area contributed by atoms with E-state index in [-0.39, 0.29) is 42.3 Å². The molecule has 0 radical (unpaired) electrons. The molecule has 3 N–H and O–H groups in total. The van der Waals surface area contributed by atoms with Crippen molar-refractivity contribution in [1.29, 1.82) is 0 Å². The zero-order valence-electron chi connectivity index (χ0n) is 12.2. The maximum Gasteiger partial charge on any atom is 0.240 e. The molecule has 0 saturated carbocycles. The van der Waals surface area contributed by atoms with Crippen molar-refractivity contribution >= 4 is 51.1 Å². The maximum atomic E-state index is 11.7. The lowest BCUT2D eigenvalue weighted by Gasteiger charge is -2.06. The summed E-state index contributed by atoms with van der Waals surface area (Å²) < 4.78 is 0.866. The second-order valence-corrected chi connectivity index (χ2v) is 6.21. The van der Waals surface area contributed by atoms with Gasteiger partial charge in [0.25, 0.3) is 0 Å². The van der Waals surface area contributed by atoms with E-state index in [1.165, 1.54) is 0 Å². The van der Waals surface area contributed by atoms with Gasteiger partial charge in [0.1, 0.15) is 0 Å². The van der Waals surface area contributed by atoms with E-state index in [1.807, 2.05) is 12.1 Å². The van der Waals surface area contributed by atoms with Gasteiger partial charge in [-0.15, -0.1) is 18.2 Å². The molecule has 1 rings (SSSR count). The van der Waals surface area contributed by atoms with E-state index in [9.17, 15) is 14.4 Å². The number of amides is 3. The number of thioether (sulfide) groups is 1. The Hall–Kier alpha value is -1.98. The zero-order valence-corrected chi connectivity index (χ0v) is 14.6. The van der Waals surface area contributed by atoms with Crippen LogP contribution in [0.2, 0.25) is 0 Å². The molecule has 0 atom stereocenters. The van der Waals surface area contributed by atoms with Crippen LogP contribution in [-0.4, -0.2) is 42.3 Å². The van der Waals surface area contributed by atoms with Crippen LogP contribution in [0.1, 0.15) is 0 Å². The van der Waals surface area contributed by atoms with E-state index < -0.39 is 0 Å². The number of rotatable bonds is 8. The minimum absolute atomic E-state index is 0.0916. The topological polar surface area (TPSA) is 87.3 Å². The van der Waals surface area contributed by atoms with Gasteiger partial charge in [0, 0.05) is 10.2 Å². The first-order valence-electron chi connectivity index (χ1n) is 6.61. The van der Waals surface area contributed by atoms with Crippen LogP contribution in [0, 0.1) is 12.3 Å². The summed E-state index contributed by atoms with van der Waals surface area (Å²) in [4.78, 5) is 34.5. The highest BCUT2D eigenvalue weighted by Crippen LogP contribution is 2.15. The lowest BCUT2D eigenvalue weighted by Crippen LogP contribution is -2.37. The predicted octanol–water partition coefficient (Wildman–Crippen LogP) is 0.986. The first-order chi connectivity index (χ1) is 11.0. The van der Waals surface area contributed by atoms with Crippen molar-refractivity contribution in [2.24, 2.45) is 0 Å². The SMILES string of the molecule is C#CCNC(=O)CNC(=O)CSCC(=O)Nc1cccc(Br)c1. The molecule has 1 aromatic carbocycles. The Morgan fingerprint density at radius 1 is 1.13 bits per heavy atom.